The maximum absolute atomic E-state index is 5.20. The number of hydrogen-bond acceptors (Lipinski definition) is 3. The molecule has 3 nitrogen and oxygen atoms in total. The monoisotopic (exact) mass is 212 g/mol. The molecule has 1 unspecified atom stereocenters. The van der Waals surface area contributed by atoms with Crippen molar-refractivity contribution >= 4 is 0 Å². The fourth-order valence-electron chi connectivity index (χ4n) is 2.53. The summed E-state index contributed by atoms with van der Waals surface area (Å²) in [6.45, 7) is 8.08. The van der Waals surface area contributed by atoms with E-state index in [4.69, 9.17) is 4.74 Å². The van der Waals surface area contributed by atoms with Crippen LogP contribution in [-0.4, -0.2) is 50.8 Å². The molecular formula is C12H24N2O. The Morgan fingerprint density at radius 1 is 1.47 bits per heavy atom. The largest absolute Gasteiger partial charge is 0.385 e. The van der Waals surface area contributed by atoms with Crippen LogP contribution >= 0.6 is 0 Å². The van der Waals surface area contributed by atoms with Crippen molar-refractivity contribution in [2.24, 2.45) is 5.41 Å². The van der Waals surface area contributed by atoms with Crippen LogP contribution in [0.15, 0.2) is 0 Å². The van der Waals surface area contributed by atoms with Crippen LogP contribution in [-0.2, 0) is 4.74 Å². The van der Waals surface area contributed by atoms with Gasteiger partial charge < -0.3 is 10.1 Å². The van der Waals surface area contributed by atoms with Gasteiger partial charge in [-0.1, -0.05) is 0 Å². The quantitative estimate of drug-likeness (QED) is 0.738. The summed E-state index contributed by atoms with van der Waals surface area (Å²) < 4.78 is 5.20. The summed E-state index contributed by atoms with van der Waals surface area (Å²) in [4.78, 5) is 2.65. The molecule has 0 amide bonds. The minimum atomic E-state index is 0.613. The van der Waals surface area contributed by atoms with Crippen molar-refractivity contribution in [3.05, 3.63) is 0 Å². The molecule has 15 heavy (non-hydrogen) atoms. The molecule has 1 saturated carbocycles. The maximum Gasteiger partial charge on any atom is 0.0468 e. The Kier molecular flexibility index (Phi) is 3.65. The highest BCUT2D eigenvalue weighted by Crippen LogP contribution is 2.49. The van der Waals surface area contributed by atoms with E-state index < -0.39 is 0 Å². The van der Waals surface area contributed by atoms with Gasteiger partial charge in [-0.25, -0.2) is 0 Å². The lowest BCUT2D eigenvalue weighted by Crippen LogP contribution is -2.51. The number of hydrogen-bond donors (Lipinski definition) is 1. The van der Waals surface area contributed by atoms with Crippen LogP contribution < -0.4 is 5.32 Å². The van der Waals surface area contributed by atoms with E-state index in [1.807, 2.05) is 7.11 Å². The predicted octanol–water partition coefficient (Wildman–Crippen LogP) is 1.10. The van der Waals surface area contributed by atoms with E-state index >= 15 is 0 Å². The van der Waals surface area contributed by atoms with E-state index in [1.165, 1.54) is 32.4 Å². The molecule has 0 aromatic heterocycles. The molecule has 3 heteroatoms. The lowest BCUT2D eigenvalue weighted by Gasteiger charge is -2.36. The van der Waals surface area contributed by atoms with Gasteiger partial charge in [0.05, 0.1) is 0 Å². The molecule has 1 saturated heterocycles. The van der Waals surface area contributed by atoms with Gasteiger partial charge in [0.25, 0.3) is 0 Å². The van der Waals surface area contributed by atoms with Crippen LogP contribution in [0.1, 0.15) is 26.2 Å². The van der Waals surface area contributed by atoms with Crippen LogP contribution in [0.3, 0.4) is 0 Å². The highest BCUT2D eigenvalue weighted by Gasteiger charge is 2.43. The van der Waals surface area contributed by atoms with Gasteiger partial charge in [0.1, 0.15) is 0 Å². The molecular weight excluding hydrogens is 188 g/mol. The van der Waals surface area contributed by atoms with Crippen LogP contribution in [0.2, 0.25) is 0 Å². The third-order valence-corrected chi connectivity index (χ3v) is 3.97. The molecule has 1 N–H and O–H groups in total. The number of ether oxygens (including phenoxy) is 1. The molecule has 2 fully saturated rings. The molecule has 1 atom stereocenters. The highest BCUT2D eigenvalue weighted by molar-refractivity contribution is 4.96. The Labute approximate surface area is 93.2 Å². The number of piperazine rings is 1. The van der Waals surface area contributed by atoms with E-state index in [2.05, 4.69) is 17.1 Å². The van der Waals surface area contributed by atoms with E-state index in [-0.39, 0.29) is 0 Å². The zero-order valence-corrected chi connectivity index (χ0v) is 10.1. The first kappa shape index (κ1) is 11.4. The first-order chi connectivity index (χ1) is 7.26. The SMILES string of the molecule is COCCC1(CN2CCNCC2C)CC1. The second kappa shape index (κ2) is 4.81. The van der Waals surface area contributed by atoms with Crippen LogP contribution in [0.4, 0.5) is 0 Å². The fraction of sp³-hybridized carbons (Fsp3) is 1.00. The smallest absolute Gasteiger partial charge is 0.0468 e. The van der Waals surface area contributed by atoms with Gasteiger partial charge in [-0.15, -0.1) is 0 Å². The molecule has 0 spiro atoms. The van der Waals surface area contributed by atoms with Gasteiger partial charge in [0.2, 0.25) is 0 Å². The molecule has 0 bridgehead atoms. The molecule has 2 aliphatic rings. The second-order valence-corrected chi connectivity index (χ2v) is 5.27. The molecule has 0 radical (unpaired) electrons. The number of rotatable bonds is 5. The molecule has 0 aromatic carbocycles. The first-order valence-electron chi connectivity index (χ1n) is 6.19. The van der Waals surface area contributed by atoms with Crippen molar-refractivity contribution in [3.63, 3.8) is 0 Å². The maximum atomic E-state index is 5.20. The second-order valence-electron chi connectivity index (χ2n) is 5.27. The molecule has 88 valence electrons. The highest BCUT2D eigenvalue weighted by atomic mass is 16.5. The van der Waals surface area contributed by atoms with Crippen LogP contribution in [0.25, 0.3) is 0 Å². The fourth-order valence-corrected chi connectivity index (χ4v) is 2.53. The molecule has 2 rings (SSSR count). The standard InChI is InChI=1S/C12H24N2O/c1-11-9-13-6-7-14(11)10-12(3-4-12)5-8-15-2/h11,13H,3-10H2,1-2H3. The molecule has 1 aliphatic carbocycles. The molecule has 1 aliphatic heterocycles. The van der Waals surface area contributed by atoms with Gasteiger partial charge >= 0.3 is 0 Å². The van der Waals surface area contributed by atoms with Gasteiger partial charge in [-0.3, -0.25) is 4.90 Å². The Morgan fingerprint density at radius 3 is 2.87 bits per heavy atom. The van der Waals surface area contributed by atoms with Crippen molar-refractivity contribution < 1.29 is 4.74 Å². The lowest BCUT2D eigenvalue weighted by atomic mass is 10.0. The van der Waals surface area contributed by atoms with Crippen LogP contribution in [0, 0.1) is 5.41 Å². The summed E-state index contributed by atoms with van der Waals surface area (Å²) in [5.74, 6) is 0. The Morgan fingerprint density at radius 2 is 2.27 bits per heavy atom. The zero-order chi connectivity index (χ0) is 10.7. The van der Waals surface area contributed by atoms with Gasteiger partial charge in [-0.05, 0) is 31.6 Å². The van der Waals surface area contributed by atoms with Crippen molar-refractivity contribution in [1.29, 1.82) is 0 Å². The Hall–Kier alpha value is -0.120. The topological polar surface area (TPSA) is 24.5 Å². The predicted molar refractivity (Wildman–Crippen MR) is 62.1 cm³/mol. The lowest BCUT2D eigenvalue weighted by molar-refractivity contribution is 0.113. The van der Waals surface area contributed by atoms with Gasteiger partial charge in [0, 0.05) is 45.9 Å². The average molecular weight is 212 g/mol. The van der Waals surface area contributed by atoms with Crippen molar-refractivity contribution in [3.8, 4) is 0 Å². The van der Waals surface area contributed by atoms with Crippen molar-refractivity contribution in [2.75, 3.05) is 39.9 Å². The van der Waals surface area contributed by atoms with Gasteiger partial charge in [0.15, 0.2) is 0 Å². The number of nitrogens with one attached hydrogen (secondary N) is 1. The average Bonchev–Trinajstić information content (AvgIpc) is 3.00. The summed E-state index contributed by atoms with van der Waals surface area (Å²) in [6.07, 6.45) is 4.07. The van der Waals surface area contributed by atoms with E-state index in [1.54, 1.807) is 0 Å². The third-order valence-electron chi connectivity index (χ3n) is 3.97. The molecule has 1 heterocycles. The zero-order valence-electron chi connectivity index (χ0n) is 10.1. The summed E-state index contributed by atoms with van der Waals surface area (Å²) in [5.41, 5.74) is 0.613. The van der Waals surface area contributed by atoms with E-state index in [0.717, 1.165) is 19.7 Å². The van der Waals surface area contributed by atoms with Crippen molar-refractivity contribution in [2.45, 2.75) is 32.2 Å². The Bertz CT molecular complexity index is 204. The third kappa shape index (κ3) is 2.92. The number of methoxy groups -OCH3 is 1. The minimum absolute atomic E-state index is 0.613. The summed E-state index contributed by atoms with van der Waals surface area (Å²) in [7, 11) is 1.81. The van der Waals surface area contributed by atoms with E-state index in [9.17, 15) is 0 Å². The number of nitrogens with zero attached hydrogens (tertiary/aromatic N) is 1. The van der Waals surface area contributed by atoms with Crippen molar-refractivity contribution in [1.82, 2.24) is 10.2 Å². The summed E-state index contributed by atoms with van der Waals surface area (Å²) >= 11 is 0. The Balaban J connectivity index is 1.79. The van der Waals surface area contributed by atoms with Gasteiger partial charge in [-0.2, -0.15) is 0 Å². The first-order valence-corrected chi connectivity index (χ1v) is 6.19. The molecule has 0 aromatic rings. The minimum Gasteiger partial charge on any atom is -0.385 e. The summed E-state index contributed by atoms with van der Waals surface area (Å²) in [5, 5.41) is 3.45. The van der Waals surface area contributed by atoms with E-state index in [0.29, 0.717) is 11.5 Å². The normalized spacial score (nSPS) is 30.4. The van der Waals surface area contributed by atoms with Crippen LogP contribution in [0.5, 0.6) is 0 Å². The summed E-state index contributed by atoms with van der Waals surface area (Å²) in [6, 6.07) is 0.707.